The number of benzene rings is 4. The van der Waals surface area contributed by atoms with Crippen molar-refractivity contribution in [3.63, 3.8) is 0 Å². The van der Waals surface area contributed by atoms with Crippen LogP contribution in [-0.2, 0) is 20.2 Å². The molecule has 4 aromatic carbocycles. The highest BCUT2D eigenvalue weighted by atomic mass is 32.3. The highest BCUT2D eigenvalue weighted by Gasteiger charge is 2.38. The lowest BCUT2D eigenvalue weighted by atomic mass is 10.0. The minimum absolute atomic E-state index is 0.163. The van der Waals surface area contributed by atoms with Gasteiger partial charge in [-0.1, -0.05) is 113 Å². The van der Waals surface area contributed by atoms with Gasteiger partial charge in [-0.3, -0.25) is 0 Å². The van der Waals surface area contributed by atoms with Crippen molar-refractivity contribution in [3.8, 4) is 5.75 Å². The van der Waals surface area contributed by atoms with Gasteiger partial charge in [-0.15, -0.1) is 0 Å². The molecule has 0 amide bonds. The van der Waals surface area contributed by atoms with Crippen LogP contribution in [0.4, 0.5) is 0 Å². The molecule has 0 bridgehead atoms. The number of methoxy groups -OCH3 is 1. The van der Waals surface area contributed by atoms with Crippen LogP contribution in [0, 0.1) is 0 Å². The minimum Gasteiger partial charge on any atom is -0.497 e. The molecule has 0 radical (unpaired) electrons. The summed E-state index contributed by atoms with van der Waals surface area (Å²) in [6, 6.07) is 34.0. The second kappa shape index (κ2) is 16.7. The third kappa shape index (κ3) is 8.98. The van der Waals surface area contributed by atoms with Crippen molar-refractivity contribution < 1.29 is 16.8 Å². The lowest BCUT2D eigenvalue weighted by Crippen LogP contribution is -2.14. The second-order valence-electron chi connectivity index (χ2n) is 11.0. The standard InChI is InChI=1S/C37H46O4S2/c1-3-4-5-6-7-8-9-10-11-14-19-32-24-28-37(29-25-32)43(38,39)41-42(34-20-15-12-16-21-34,35-22-17-13-18-23-35)36-30-26-33(40-2)27-31-36/h12-13,15-18,20-31H,3-11,14,19H2,1-2H3. The molecule has 4 rings (SSSR count). The fourth-order valence-corrected chi connectivity index (χ4v) is 10.5. The number of rotatable bonds is 18. The summed E-state index contributed by atoms with van der Waals surface area (Å²) in [6.07, 6.45) is 13.9. The lowest BCUT2D eigenvalue weighted by Gasteiger charge is -2.39. The first-order valence-electron chi connectivity index (χ1n) is 15.6. The van der Waals surface area contributed by atoms with Crippen LogP contribution in [0.3, 0.4) is 0 Å². The van der Waals surface area contributed by atoms with Gasteiger partial charge in [-0.25, -0.2) is 3.63 Å². The van der Waals surface area contributed by atoms with Gasteiger partial charge in [0.1, 0.15) is 5.75 Å². The van der Waals surface area contributed by atoms with E-state index in [2.05, 4.69) is 6.92 Å². The quantitative estimate of drug-likeness (QED) is 0.104. The van der Waals surface area contributed by atoms with E-state index in [0.717, 1.165) is 33.1 Å². The van der Waals surface area contributed by atoms with E-state index in [-0.39, 0.29) is 4.90 Å². The maximum absolute atomic E-state index is 14.0. The Labute approximate surface area is 261 Å². The Morgan fingerprint density at radius 2 is 0.953 bits per heavy atom. The molecule has 0 aliphatic carbocycles. The first-order valence-corrected chi connectivity index (χ1v) is 18.6. The van der Waals surface area contributed by atoms with E-state index >= 15 is 0 Å². The van der Waals surface area contributed by atoms with Gasteiger partial charge >= 0.3 is 10.1 Å². The highest BCUT2D eigenvalue weighted by molar-refractivity contribution is 8.33. The van der Waals surface area contributed by atoms with Crippen LogP contribution in [0.1, 0.15) is 76.7 Å². The molecule has 0 atom stereocenters. The van der Waals surface area contributed by atoms with E-state index in [0.29, 0.717) is 5.75 Å². The van der Waals surface area contributed by atoms with Crippen LogP contribution in [0.5, 0.6) is 5.75 Å². The second-order valence-corrected chi connectivity index (χ2v) is 15.4. The predicted octanol–water partition coefficient (Wildman–Crippen LogP) is 10.8. The van der Waals surface area contributed by atoms with Crippen molar-refractivity contribution in [2.45, 2.75) is 97.1 Å². The first kappa shape index (κ1) is 32.8. The summed E-state index contributed by atoms with van der Waals surface area (Å²) in [5, 5.41) is 0. The topological polar surface area (TPSA) is 52.6 Å². The molecule has 0 aliphatic heterocycles. The molecule has 230 valence electrons. The molecule has 43 heavy (non-hydrogen) atoms. The van der Waals surface area contributed by atoms with Gasteiger partial charge in [-0.2, -0.15) is 8.42 Å². The van der Waals surface area contributed by atoms with Crippen LogP contribution in [-0.4, -0.2) is 15.5 Å². The molecule has 0 aliphatic rings. The Hall–Kier alpha value is -3.06. The van der Waals surface area contributed by atoms with Crippen molar-refractivity contribution in [3.05, 3.63) is 115 Å². The van der Waals surface area contributed by atoms with E-state index < -0.39 is 20.4 Å². The third-order valence-electron chi connectivity index (χ3n) is 7.76. The number of hydrogen-bond donors (Lipinski definition) is 0. The molecule has 4 nitrogen and oxygen atoms in total. The Balaban J connectivity index is 1.50. The maximum Gasteiger partial charge on any atom is 0.307 e. The lowest BCUT2D eigenvalue weighted by molar-refractivity contribution is 0.414. The molecule has 0 saturated heterocycles. The van der Waals surface area contributed by atoms with Crippen molar-refractivity contribution in [2.75, 3.05) is 7.11 Å². The van der Waals surface area contributed by atoms with Crippen molar-refractivity contribution in [1.29, 1.82) is 0 Å². The number of ether oxygens (including phenoxy) is 1. The molecular formula is C37H46O4S2. The zero-order valence-electron chi connectivity index (χ0n) is 25.6. The van der Waals surface area contributed by atoms with Gasteiger partial charge in [0.05, 0.1) is 12.0 Å². The average molecular weight is 619 g/mol. The maximum atomic E-state index is 14.0. The first-order chi connectivity index (χ1) is 21.0. The molecule has 6 heteroatoms. The van der Waals surface area contributed by atoms with Crippen LogP contribution in [0.25, 0.3) is 0 Å². The summed E-state index contributed by atoms with van der Waals surface area (Å²) in [7, 11) is -5.17. The summed E-state index contributed by atoms with van der Waals surface area (Å²) in [4.78, 5) is 2.53. The van der Waals surface area contributed by atoms with Crippen molar-refractivity contribution >= 4 is 20.4 Å². The monoisotopic (exact) mass is 618 g/mol. The normalized spacial score (nSPS) is 12.2. The van der Waals surface area contributed by atoms with E-state index in [1.807, 2.05) is 97.1 Å². The smallest absolute Gasteiger partial charge is 0.307 e. The Bertz CT molecular complexity index is 1410. The molecule has 0 spiro atoms. The van der Waals surface area contributed by atoms with Crippen molar-refractivity contribution in [2.24, 2.45) is 0 Å². The highest BCUT2D eigenvalue weighted by Crippen LogP contribution is 2.70. The Morgan fingerprint density at radius 3 is 1.44 bits per heavy atom. The van der Waals surface area contributed by atoms with Crippen LogP contribution < -0.4 is 4.74 Å². The SMILES string of the molecule is CCCCCCCCCCCCc1ccc(S(=O)(=O)OS(c2ccccc2)(c2ccccc2)c2ccc(OC)cc2)cc1. The van der Waals surface area contributed by atoms with Gasteiger partial charge in [0, 0.05) is 14.7 Å². The van der Waals surface area contributed by atoms with Crippen LogP contribution in [0.15, 0.2) is 129 Å². The number of hydrogen-bond acceptors (Lipinski definition) is 4. The average Bonchev–Trinajstić information content (AvgIpc) is 3.05. The van der Waals surface area contributed by atoms with Gasteiger partial charge in [0.2, 0.25) is 0 Å². The van der Waals surface area contributed by atoms with Crippen LogP contribution >= 0.6 is 10.3 Å². The van der Waals surface area contributed by atoms with E-state index in [1.165, 1.54) is 57.8 Å². The molecule has 0 aromatic heterocycles. The predicted molar refractivity (Wildman–Crippen MR) is 179 cm³/mol. The summed E-state index contributed by atoms with van der Waals surface area (Å²) >= 11 is 0. The van der Waals surface area contributed by atoms with Gasteiger partial charge in [0.15, 0.2) is 0 Å². The molecule has 4 aromatic rings. The summed E-state index contributed by atoms with van der Waals surface area (Å²) in [6.45, 7) is 2.26. The molecule has 0 N–H and O–H groups in total. The largest absolute Gasteiger partial charge is 0.497 e. The molecule has 0 unspecified atom stereocenters. The fraction of sp³-hybridized carbons (Fsp3) is 0.351. The zero-order chi connectivity index (χ0) is 30.4. The van der Waals surface area contributed by atoms with E-state index in [1.54, 1.807) is 19.2 Å². The zero-order valence-corrected chi connectivity index (χ0v) is 27.3. The van der Waals surface area contributed by atoms with Gasteiger partial charge in [0.25, 0.3) is 0 Å². The van der Waals surface area contributed by atoms with Crippen molar-refractivity contribution in [1.82, 2.24) is 0 Å². The Kier molecular flexibility index (Phi) is 12.8. The van der Waals surface area contributed by atoms with Gasteiger partial charge < -0.3 is 4.74 Å². The van der Waals surface area contributed by atoms with E-state index in [4.69, 9.17) is 8.37 Å². The Morgan fingerprint density at radius 1 is 0.512 bits per heavy atom. The summed E-state index contributed by atoms with van der Waals surface area (Å²) < 4.78 is 39.9. The van der Waals surface area contributed by atoms with Crippen LogP contribution in [0.2, 0.25) is 0 Å². The molecule has 0 fully saturated rings. The van der Waals surface area contributed by atoms with Gasteiger partial charge in [-0.05, 0) is 89.4 Å². The van der Waals surface area contributed by atoms with E-state index in [9.17, 15) is 8.42 Å². The number of unbranched alkanes of at least 4 members (excludes halogenated alkanes) is 9. The number of aryl methyl sites for hydroxylation is 1. The molecule has 0 saturated carbocycles. The molecule has 0 heterocycles. The minimum atomic E-state index is -4.13. The molecular weight excluding hydrogens is 573 g/mol. The summed E-state index contributed by atoms with van der Waals surface area (Å²) in [5.74, 6) is 0.694. The fourth-order valence-electron chi connectivity index (χ4n) is 5.33. The third-order valence-corrected chi connectivity index (χ3v) is 13.0. The summed E-state index contributed by atoms with van der Waals surface area (Å²) in [5.41, 5.74) is 1.15.